The fourth-order valence-electron chi connectivity index (χ4n) is 2.92. The van der Waals surface area contributed by atoms with Gasteiger partial charge >= 0.3 is 0 Å². The molecule has 2 aromatic carbocycles. The SMILES string of the molecule is COCCn1c(=NC(=O)CCCc2ccccc2)sc2cc(OC)ccc21. The van der Waals surface area contributed by atoms with Crippen LogP contribution in [0.3, 0.4) is 0 Å². The minimum Gasteiger partial charge on any atom is -0.497 e. The molecule has 5 nitrogen and oxygen atoms in total. The number of hydrogen-bond donors (Lipinski definition) is 0. The van der Waals surface area contributed by atoms with E-state index in [0.717, 1.165) is 28.8 Å². The molecule has 0 N–H and O–H groups in total. The number of carbonyl (C=O) groups is 1. The molecule has 0 saturated heterocycles. The van der Waals surface area contributed by atoms with Crippen molar-refractivity contribution >= 4 is 27.5 Å². The first-order valence-corrected chi connectivity index (χ1v) is 9.80. The molecule has 0 aliphatic heterocycles. The predicted octanol–water partition coefficient (Wildman–Crippen LogP) is 3.81. The lowest BCUT2D eigenvalue weighted by Gasteiger charge is -2.05. The highest BCUT2D eigenvalue weighted by atomic mass is 32.1. The molecule has 1 heterocycles. The number of rotatable bonds is 8. The third-order valence-corrected chi connectivity index (χ3v) is 5.37. The molecule has 0 saturated carbocycles. The van der Waals surface area contributed by atoms with Crippen LogP contribution in [0, 0.1) is 0 Å². The third-order valence-electron chi connectivity index (χ3n) is 4.33. The first kappa shape index (κ1) is 19.3. The van der Waals surface area contributed by atoms with Gasteiger partial charge in [-0.3, -0.25) is 4.79 Å². The molecular formula is C21H24N2O3S. The predicted molar refractivity (Wildman–Crippen MR) is 108 cm³/mol. The number of benzene rings is 2. The minimum absolute atomic E-state index is 0.0874. The summed E-state index contributed by atoms with van der Waals surface area (Å²) >= 11 is 1.50. The molecule has 0 unspecified atom stereocenters. The van der Waals surface area contributed by atoms with E-state index in [1.54, 1.807) is 14.2 Å². The maximum Gasteiger partial charge on any atom is 0.248 e. The number of carbonyl (C=O) groups excluding carboxylic acids is 1. The van der Waals surface area contributed by atoms with Crippen molar-refractivity contribution in [1.82, 2.24) is 4.57 Å². The molecule has 3 aromatic rings. The van der Waals surface area contributed by atoms with E-state index in [0.29, 0.717) is 24.4 Å². The van der Waals surface area contributed by atoms with E-state index in [9.17, 15) is 4.79 Å². The molecule has 0 bridgehead atoms. The van der Waals surface area contributed by atoms with Crippen molar-refractivity contribution < 1.29 is 14.3 Å². The molecule has 0 aliphatic rings. The largest absolute Gasteiger partial charge is 0.497 e. The second-order valence-electron chi connectivity index (χ2n) is 6.21. The Morgan fingerprint density at radius 1 is 1.15 bits per heavy atom. The number of fused-ring (bicyclic) bond motifs is 1. The highest BCUT2D eigenvalue weighted by Gasteiger charge is 2.09. The molecule has 1 aromatic heterocycles. The van der Waals surface area contributed by atoms with Gasteiger partial charge in [-0.25, -0.2) is 0 Å². The molecule has 0 spiro atoms. The van der Waals surface area contributed by atoms with E-state index in [2.05, 4.69) is 17.1 Å². The Bertz CT molecular complexity index is 960. The van der Waals surface area contributed by atoms with Crippen LogP contribution in [0.1, 0.15) is 18.4 Å². The van der Waals surface area contributed by atoms with Crippen LogP contribution in [-0.4, -0.2) is 31.3 Å². The van der Waals surface area contributed by atoms with Crippen LogP contribution in [0.2, 0.25) is 0 Å². The molecule has 3 rings (SSSR count). The van der Waals surface area contributed by atoms with Gasteiger partial charge in [0, 0.05) is 20.1 Å². The van der Waals surface area contributed by atoms with Crippen molar-refractivity contribution in [2.75, 3.05) is 20.8 Å². The number of thiazole rings is 1. The zero-order chi connectivity index (χ0) is 19.1. The van der Waals surface area contributed by atoms with Gasteiger partial charge in [0.25, 0.3) is 0 Å². The quantitative estimate of drug-likeness (QED) is 0.593. The Morgan fingerprint density at radius 3 is 2.70 bits per heavy atom. The van der Waals surface area contributed by atoms with Gasteiger partial charge in [-0.1, -0.05) is 41.7 Å². The molecule has 0 atom stereocenters. The van der Waals surface area contributed by atoms with Gasteiger partial charge in [-0.15, -0.1) is 0 Å². The summed E-state index contributed by atoms with van der Waals surface area (Å²) in [5.41, 5.74) is 2.28. The summed E-state index contributed by atoms with van der Waals surface area (Å²) in [5, 5.41) is 0. The van der Waals surface area contributed by atoms with E-state index in [-0.39, 0.29) is 5.91 Å². The van der Waals surface area contributed by atoms with Gasteiger partial charge in [0.1, 0.15) is 5.75 Å². The number of nitrogens with zero attached hydrogens (tertiary/aromatic N) is 2. The van der Waals surface area contributed by atoms with Gasteiger partial charge in [0.05, 0.1) is 23.9 Å². The number of aryl methyl sites for hydroxylation is 1. The van der Waals surface area contributed by atoms with Crippen LogP contribution in [0.25, 0.3) is 10.2 Å². The minimum atomic E-state index is -0.0874. The molecule has 0 radical (unpaired) electrons. The fourth-order valence-corrected chi connectivity index (χ4v) is 4.02. The maximum absolute atomic E-state index is 12.4. The summed E-state index contributed by atoms with van der Waals surface area (Å²) in [6, 6.07) is 16.1. The van der Waals surface area contributed by atoms with Crippen LogP contribution in [0.15, 0.2) is 53.5 Å². The number of aromatic nitrogens is 1. The van der Waals surface area contributed by atoms with Crippen molar-refractivity contribution in [3.05, 3.63) is 58.9 Å². The fraction of sp³-hybridized carbons (Fsp3) is 0.333. The number of hydrogen-bond acceptors (Lipinski definition) is 4. The van der Waals surface area contributed by atoms with Crippen LogP contribution in [0.5, 0.6) is 5.75 Å². The van der Waals surface area contributed by atoms with Gasteiger partial charge in [-0.2, -0.15) is 4.99 Å². The highest BCUT2D eigenvalue weighted by Crippen LogP contribution is 2.23. The zero-order valence-electron chi connectivity index (χ0n) is 15.7. The monoisotopic (exact) mass is 384 g/mol. The summed E-state index contributed by atoms with van der Waals surface area (Å²) in [4.78, 5) is 17.5. The zero-order valence-corrected chi connectivity index (χ0v) is 16.5. The van der Waals surface area contributed by atoms with E-state index >= 15 is 0 Å². The Kier molecular flexibility index (Phi) is 6.79. The first-order valence-electron chi connectivity index (χ1n) is 8.99. The molecule has 27 heavy (non-hydrogen) atoms. The molecule has 0 aliphatic carbocycles. The highest BCUT2D eigenvalue weighted by molar-refractivity contribution is 7.16. The smallest absolute Gasteiger partial charge is 0.248 e. The van der Waals surface area contributed by atoms with E-state index < -0.39 is 0 Å². The van der Waals surface area contributed by atoms with Crippen molar-refractivity contribution in [3.63, 3.8) is 0 Å². The second-order valence-corrected chi connectivity index (χ2v) is 7.22. The summed E-state index contributed by atoms with van der Waals surface area (Å²) < 4.78 is 13.6. The summed E-state index contributed by atoms with van der Waals surface area (Å²) in [5.74, 6) is 0.707. The summed E-state index contributed by atoms with van der Waals surface area (Å²) in [7, 11) is 3.32. The number of amides is 1. The number of methoxy groups -OCH3 is 2. The Hall–Kier alpha value is -2.44. The second kappa shape index (κ2) is 9.48. The van der Waals surface area contributed by atoms with E-state index in [1.165, 1.54) is 16.9 Å². The van der Waals surface area contributed by atoms with E-state index in [4.69, 9.17) is 9.47 Å². The molecular weight excluding hydrogens is 360 g/mol. The third kappa shape index (κ3) is 5.05. The lowest BCUT2D eigenvalue weighted by Crippen LogP contribution is -2.19. The average molecular weight is 385 g/mol. The topological polar surface area (TPSA) is 52.8 Å². The van der Waals surface area contributed by atoms with Crippen molar-refractivity contribution in [3.8, 4) is 5.75 Å². The number of ether oxygens (including phenoxy) is 2. The van der Waals surface area contributed by atoms with Crippen LogP contribution in [0.4, 0.5) is 0 Å². The van der Waals surface area contributed by atoms with Gasteiger partial charge in [0.2, 0.25) is 5.91 Å². The van der Waals surface area contributed by atoms with Crippen LogP contribution < -0.4 is 9.54 Å². The van der Waals surface area contributed by atoms with Crippen LogP contribution >= 0.6 is 11.3 Å². The summed E-state index contributed by atoms with van der Waals surface area (Å²) in [6.07, 6.45) is 2.12. The lowest BCUT2D eigenvalue weighted by molar-refractivity contribution is -0.118. The molecule has 6 heteroatoms. The first-order chi connectivity index (χ1) is 13.2. The standard InChI is InChI=1S/C21H24N2O3S/c1-25-14-13-23-18-12-11-17(26-2)15-19(18)27-21(23)22-20(24)10-6-9-16-7-4-3-5-8-16/h3-5,7-8,11-12,15H,6,9-10,13-14H2,1-2H3. The maximum atomic E-state index is 12.4. The van der Waals surface area contributed by atoms with Gasteiger partial charge in [0.15, 0.2) is 4.80 Å². The Labute approximate surface area is 162 Å². The van der Waals surface area contributed by atoms with Crippen molar-refractivity contribution in [2.24, 2.45) is 4.99 Å². The Balaban J connectivity index is 1.79. The van der Waals surface area contributed by atoms with E-state index in [1.807, 2.05) is 41.0 Å². The molecule has 142 valence electrons. The van der Waals surface area contributed by atoms with Crippen molar-refractivity contribution in [1.29, 1.82) is 0 Å². The Morgan fingerprint density at radius 2 is 1.96 bits per heavy atom. The van der Waals surface area contributed by atoms with Gasteiger partial charge < -0.3 is 14.0 Å². The van der Waals surface area contributed by atoms with Crippen molar-refractivity contribution in [2.45, 2.75) is 25.8 Å². The molecule has 0 fully saturated rings. The summed E-state index contributed by atoms with van der Waals surface area (Å²) in [6.45, 7) is 1.21. The lowest BCUT2D eigenvalue weighted by atomic mass is 10.1. The molecule has 1 amide bonds. The average Bonchev–Trinajstić information content (AvgIpc) is 3.03. The van der Waals surface area contributed by atoms with Gasteiger partial charge in [-0.05, 0) is 36.6 Å². The normalized spacial score (nSPS) is 11.9. The van der Waals surface area contributed by atoms with Crippen LogP contribution in [-0.2, 0) is 22.5 Å².